The number of halogens is 2. The smallest absolute Gasteiger partial charge is 0.234 e. The van der Waals surface area contributed by atoms with Crippen LogP contribution in [0.5, 0.6) is 0 Å². The fraction of sp³-hybridized carbons (Fsp3) is 0.500. The number of hydrogen-bond donors (Lipinski definition) is 0. The van der Waals surface area contributed by atoms with Crippen LogP contribution in [0.25, 0.3) is 0 Å². The Morgan fingerprint density at radius 3 is 2.26 bits per heavy atom. The van der Waals surface area contributed by atoms with Crippen LogP contribution >= 0.6 is 23.2 Å². The van der Waals surface area contributed by atoms with Crippen LogP contribution in [0.2, 0.25) is 0 Å². The van der Waals surface area contributed by atoms with Crippen molar-refractivity contribution in [3.8, 4) is 0 Å². The molecule has 0 saturated heterocycles. The quantitative estimate of drug-likeness (QED) is 0.303. The molecule has 0 saturated carbocycles. The summed E-state index contributed by atoms with van der Waals surface area (Å²) in [7, 11) is 0. The molecule has 0 heterocycles. The number of hydrogen-bond acceptors (Lipinski definition) is 3. The Morgan fingerprint density at radius 2 is 1.74 bits per heavy atom. The molecule has 104 valence electrons. The van der Waals surface area contributed by atoms with Crippen molar-refractivity contribution < 1.29 is 4.79 Å². The fourth-order valence-corrected chi connectivity index (χ4v) is 2.26. The van der Waals surface area contributed by atoms with Crippen molar-refractivity contribution >= 4 is 35.0 Å². The summed E-state index contributed by atoms with van der Waals surface area (Å²) >= 11 is 11.6. The molecule has 0 bridgehead atoms. The minimum atomic E-state index is 0.538. The number of benzene rings is 1. The van der Waals surface area contributed by atoms with E-state index in [1.54, 1.807) is 6.08 Å². The molecule has 0 aliphatic carbocycles. The van der Waals surface area contributed by atoms with Gasteiger partial charge < -0.3 is 4.90 Å². The van der Waals surface area contributed by atoms with E-state index in [1.807, 2.05) is 0 Å². The molecule has 0 aromatic heterocycles. The topological polar surface area (TPSA) is 32.7 Å². The summed E-state index contributed by atoms with van der Waals surface area (Å²) in [5.41, 5.74) is 2.37. The van der Waals surface area contributed by atoms with Gasteiger partial charge >= 0.3 is 0 Å². The van der Waals surface area contributed by atoms with Crippen molar-refractivity contribution in [2.24, 2.45) is 4.99 Å². The molecule has 1 rings (SSSR count). The van der Waals surface area contributed by atoms with E-state index < -0.39 is 0 Å². The molecule has 0 fully saturated rings. The lowest BCUT2D eigenvalue weighted by molar-refractivity contribution is 0.562. The minimum Gasteiger partial charge on any atom is -0.369 e. The van der Waals surface area contributed by atoms with Crippen LogP contribution in [0.15, 0.2) is 29.3 Å². The molecule has 0 aliphatic rings. The van der Waals surface area contributed by atoms with Crippen LogP contribution < -0.4 is 4.90 Å². The Kier molecular flexibility index (Phi) is 8.31. The van der Waals surface area contributed by atoms with Gasteiger partial charge in [0.15, 0.2) is 0 Å². The van der Waals surface area contributed by atoms with Crippen molar-refractivity contribution in [2.75, 3.05) is 36.3 Å². The van der Waals surface area contributed by atoms with Crippen molar-refractivity contribution in [1.82, 2.24) is 0 Å². The van der Waals surface area contributed by atoms with Gasteiger partial charge in [-0.1, -0.05) is 12.1 Å². The van der Waals surface area contributed by atoms with E-state index in [0.29, 0.717) is 18.3 Å². The highest BCUT2D eigenvalue weighted by atomic mass is 35.5. The predicted molar refractivity (Wildman–Crippen MR) is 81.4 cm³/mol. The second kappa shape index (κ2) is 9.85. The average Bonchev–Trinajstić information content (AvgIpc) is 2.44. The normalized spacial score (nSPS) is 10.0. The maximum absolute atomic E-state index is 9.94. The van der Waals surface area contributed by atoms with Gasteiger partial charge in [-0.05, 0) is 30.5 Å². The number of isocyanates is 1. The van der Waals surface area contributed by atoms with Crippen molar-refractivity contribution in [2.45, 2.75) is 12.8 Å². The Morgan fingerprint density at radius 1 is 1.11 bits per heavy atom. The molecule has 0 aliphatic heterocycles. The van der Waals surface area contributed by atoms with Crippen LogP contribution in [0.4, 0.5) is 5.69 Å². The summed E-state index contributed by atoms with van der Waals surface area (Å²) in [6.45, 7) is 2.12. The number of aliphatic imine (C=N–C) groups is 1. The first-order chi connectivity index (χ1) is 9.31. The highest BCUT2D eigenvalue weighted by molar-refractivity contribution is 6.18. The minimum absolute atomic E-state index is 0.538. The molecule has 1 aromatic carbocycles. The monoisotopic (exact) mass is 300 g/mol. The zero-order valence-electron chi connectivity index (χ0n) is 10.8. The Bertz CT molecular complexity index is 396. The van der Waals surface area contributed by atoms with Crippen LogP contribution in [0.3, 0.4) is 0 Å². The van der Waals surface area contributed by atoms with E-state index in [2.05, 4.69) is 34.2 Å². The molecule has 0 radical (unpaired) electrons. The number of rotatable bonds is 9. The van der Waals surface area contributed by atoms with Crippen LogP contribution in [0, 0.1) is 0 Å². The van der Waals surface area contributed by atoms with Crippen LogP contribution in [-0.2, 0) is 11.2 Å². The Hall–Kier alpha value is -1.02. The molecular weight excluding hydrogens is 283 g/mol. The van der Waals surface area contributed by atoms with Gasteiger partial charge in [0.05, 0.1) is 6.54 Å². The van der Waals surface area contributed by atoms with Gasteiger partial charge in [-0.15, -0.1) is 23.2 Å². The molecule has 3 nitrogen and oxygen atoms in total. The van der Waals surface area contributed by atoms with E-state index >= 15 is 0 Å². The van der Waals surface area contributed by atoms with Gasteiger partial charge in [0.25, 0.3) is 0 Å². The van der Waals surface area contributed by atoms with Gasteiger partial charge in [-0.25, -0.2) is 9.79 Å². The second-order valence-electron chi connectivity index (χ2n) is 4.11. The zero-order chi connectivity index (χ0) is 13.9. The van der Waals surface area contributed by atoms with E-state index in [4.69, 9.17) is 23.2 Å². The molecule has 19 heavy (non-hydrogen) atoms. The number of nitrogens with zero attached hydrogens (tertiary/aromatic N) is 2. The van der Waals surface area contributed by atoms with Gasteiger partial charge in [-0.2, -0.15) is 0 Å². The van der Waals surface area contributed by atoms with E-state index in [-0.39, 0.29) is 0 Å². The molecule has 0 spiro atoms. The third kappa shape index (κ3) is 6.11. The van der Waals surface area contributed by atoms with Crippen molar-refractivity contribution in [3.63, 3.8) is 0 Å². The lowest BCUT2D eigenvalue weighted by atomic mass is 10.1. The predicted octanol–water partition coefficient (Wildman–Crippen LogP) is 3.24. The summed E-state index contributed by atoms with van der Waals surface area (Å²) in [6.07, 6.45) is 3.33. The molecule has 1 aromatic rings. The number of aryl methyl sites for hydroxylation is 1. The maximum atomic E-state index is 9.94. The largest absolute Gasteiger partial charge is 0.369 e. The molecule has 0 amide bonds. The summed E-state index contributed by atoms with van der Waals surface area (Å²) in [5, 5.41) is 0. The molecule has 0 atom stereocenters. The summed E-state index contributed by atoms with van der Waals surface area (Å²) in [6, 6.07) is 8.35. The van der Waals surface area contributed by atoms with Crippen LogP contribution in [-0.4, -0.2) is 37.5 Å². The van der Waals surface area contributed by atoms with Gasteiger partial charge in [0.2, 0.25) is 6.08 Å². The number of alkyl halides is 2. The molecule has 0 unspecified atom stereocenters. The van der Waals surface area contributed by atoms with E-state index in [0.717, 1.165) is 31.6 Å². The van der Waals surface area contributed by atoms with E-state index in [1.165, 1.54) is 5.56 Å². The standard InChI is InChI=1S/C14H18Cl2N2O/c15-7-10-18(11-8-16)14-5-3-13(4-6-14)2-1-9-17-12-19/h3-6H,1-2,7-11H2. The second-order valence-corrected chi connectivity index (χ2v) is 4.86. The van der Waals surface area contributed by atoms with Crippen molar-refractivity contribution in [3.05, 3.63) is 29.8 Å². The first-order valence-corrected chi connectivity index (χ1v) is 7.38. The third-order valence-electron chi connectivity index (χ3n) is 2.81. The van der Waals surface area contributed by atoms with E-state index in [9.17, 15) is 4.79 Å². The number of carbonyl (C=O) groups excluding carboxylic acids is 1. The first-order valence-electron chi connectivity index (χ1n) is 6.31. The van der Waals surface area contributed by atoms with Gasteiger partial charge in [0.1, 0.15) is 0 Å². The highest BCUT2D eigenvalue weighted by Crippen LogP contribution is 2.16. The maximum Gasteiger partial charge on any atom is 0.234 e. The number of anilines is 1. The third-order valence-corrected chi connectivity index (χ3v) is 3.15. The Labute approximate surface area is 124 Å². The summed E-state index contributed by atoms with van der Waals surface area (Å²) < 4.78 is 0. The first kappa shape index (κ1) is 16.0. The lowest BCUT2D eigenvalue weighted by Gasteiger charge is -2.23. The van der Waals surface area contributed by atoms with Gasteiger partial charge in [-0.3, -0.25) is 0 Å². The van der Waals surface area contributed by atoms with Crippen LogP contribution in [0.1, 0.15) is 12.0 Å². The van der Waals surface area contributed by atoms with Crippen molar-refractivity contribution in [1.29, 1.82) is 0 Å². The Balaban J connectivity index is 2.55. The molecular formula is C14H18Cl2N2O. The lowest BCUT2D eigenvalue weighted by Crippen LogP contribution is -2.27. The SMILES string of the molecule is O=C=NCCCc1ccc(N(CCCl)CCCl)cc1. The fourth-order valence-electron chi connectivity index (χ4n) is 1.86. The summed E-state index contributed by atoms with van der Waals surface area (Å²) in [4.78, 5) is 15.6. The molecule has 0 N–H and O–H groups in total. The molecule has 5 heteroatoms. The highest BCUT2D eigenvalue weighted by Gasteiger charge is 2.04. The van der Waals surface area contributed by atoms with Gasteiger partial charge in [0, 0.05) is 30.5 Å². The zero-order valence-corrected chi connectivity index (χ0v) is 12.3. The summed E-state index contributed by atoms with van der Waals surface area (Å²) in [5.74, 6) is 1.17. The average molecular weight is 301 g/mol.